The second-order valence-electron chi connectivity index (χ2n) is 4.71. The van der Waals surface area contributed by atoms with Crippen LogP contribution >= 0.6 is 0 Å². The molecule has 1 heterocycles. The molecule has 2 aromatic rings. The molecule has 1 aliphatic carbocycles. The number of imidazole rings is 1. The van der Waals surface area contributed by atoms with Crippen molar-refractivity contribution >= 4 is 6.09 Å². The minimum absolute atomic E-state index is 0.439. The van der Waals surface area contributed by atoms with Crippen LogP contribution in [0.2, 0.25) is 0 Å². The summed E-state index contributed by atoms with van der Waals surface area (Å²) in [6, 6.07) is 7.82. The predicted octanol–water partition coefficient (Wildman–Crippen LogP) is 2.73. The lowest BCUT2D eigenvalue weighted by Crippen LogP contribution is -2.16. The third-order valence-electron chi connectivity index (χ3n) is 3.47. The van der Waals surface area contributed by atoms with Crippen LogP contribution in [0.25, 0.3) is 11.3 Å². The molecule has 2 N–H and O–H groups in total. The Morgan fingerprint density at radius 3 is 2.84 bits per heavy atom. The molecular weight excluding hydrogens is 242 g/mol. The van der Waals surface area contributed by atoms with E-state index in [2.05, 4.69) is 9.55 Å². The highest BCUT2D eigenvalue weighted by molar-refractivity contribution is 5.74. The first-order chi connectivity index (χ1) is 9.24. The van der Waals surface area contributed by atoms with Crippen LogP contribution in [0.3, 0.4) is 0 Å². The van der Waals surface area contributed by atoms with Crippen LogP contribution in [-0.2, 0) is 0 Å². The van der Waals surface area contributed by atoms with Gasteiger partial charge in [0, 0.05) is 17.8 Å². The minimum Gasteiger partial charge on any atom is -0.410 e. The van der Waals surface area contributed by atoms with Gasteiger partial charge in [-0.1, -0.05) is 12.1 Å². The van der Waals surface area contributed by atoms with E-state index in [0.29, 0.717) is 11.8 Å². The maximum atomic E-state index is 10.9. The van der Waals surface area contributed by atoms with E-state index < -0.39 is 6.09 Å². The highest BCUT2D eigenvalue weighted by Gasteiger charge is 2.20. The smallest absolute Gasteiger partial charge is 0.409 e. The molecule has 0 aliphatic heterocycles. The number of hydrogen-bond donors (Lipinski definition) is 1. The molecule has 1 saturated carbocycles. The summed E-state index contributed by atoms with van der Waals surface area (Å²) >= 11 is 0. The molecule has 0 unspecified atom stereocenters. The monoisotopic (exact) mass is 257 g/mol. The topological polar surface area (TPSA) is 70.1 Å². The summed E-state index contributed by atoms with van der Waals surface area (Å²) in [5.74, 6) is 0.439. The van der Waals surface area contributed by atoms with Crippen molar-refractivity contribution < 1.29 is 9.53 Å². The van der Waals surface area contributed by atoms with Gasteiger partial charge in [0.05, 0.1) is 12.0 Å². The summed E-state index contributed by atoms with van der Waals surface area (Å²) in [6.45, 7) is 0. The molecular formula is C14H15N3O2. The summed E-state index contributed by atoms with van der Waals surface area (Å²) < 4.78 is 7.12. The molecule has 0 bridgehead atoms. The van der Waals surface area contributed by atoms with E-state index in [4.69, 9.17) is 10.5 Å². The number of para-hydroxylation sites is 1. The second-order valence-corrected chi connectivity index (χ2v) is 4.71. The van der Waals surface area contributed by atoms with Gasteiger partial charge in [-0.15, -0.1) is 0 Å². The minimum atomic E-state index is -0.814. The average Bonchev–Trinajstić information content (AvgIpc) is 2.76. The van der Waals surface area contributed by atoms with Gasteiger partial charge in [0.2, 0.25) is 0 Å². The maximum absolute atomic E-state index is 10.9. The van der Waals surface area contributed by atoms with Crippen molar-refractivity contribution in [3.8, 4) is 17.0 Å². The zero-order valence-electron chi connectivity index (χ0n) is 10.5. The molecule has 3 rings (SSSR count). The number of rotatable bonds is 3. The van der Waals surface area contributed by atoms with Crippen LogP contribution in [0.15, 0.2) is 36.8 Å². The number of carbonyl (C=O) groups excluding carboxylic acids is 1. The summed E-state index contributed by atoms with van der Waals surface area (Å²) in [6.07, 6.45) is 6.70. The first-order valence-corrected chi connectivity index (χ1v) is 6.34. The lowest BCUT2D eigenvalue weighted by Gasteiger charge is -2.26. The SMILES string of the molecule is NC(=O)Oc1ccccc1-c1cn(C2CCC2)cn1. The van der Waals surface area contributed by atoms with E-state index in [1.54, 1.807) is 12.1 Å². The normalized spacial score (nSPS) is 14.9. The summed E-state index contributed by atoms with van der Waals surface area (Å²) in [4.78, 5) is 15.3. The van der Waals surface area contributed by atoms with Gasteiger partial charge in [0.15, 0.2) is 0 Å². The van der Waals surface area contributed by atoms with Gasteiger partial charge >= 0.3 is 6.09 Å². The van der Waals surface area contributed by atoms with E-state index in [1.165, 1.54) is 19.3 Å². The molecule has 1 aromatic carbocycles. The van der Waals surface area contributed by atoms with Crippen LogP contribution in [-0.4, -0.2) is 15.6 Å². The van der Waals surface area contributed by atoms with Crippen LogP contribution in [0.4, 0.5) is 4.79 Å². The third-order valence-corrected chi connectivity index (χ3v) is 3.47. The first-order valence-electron chi connectivity index (χ1n) is 6.34. The standard InChI is InChI=1S/C14H15N3O2/c15-14(18)19-13-7-2-1-6-11(13)12-8-17(9-16-12)10-4-3-5-10/h1-2,6-10H,3-5H2,(H2,15,18). The zero-order valence-corrected chi connectivity index (χ0v) is 10.5. The number of aromatic nitrogens is 2. The Bertz CT molecular complexity index is 602. The molecule has 1 fully saturated rings. The number of amides is 1. The van der Waals surface area contributed by atoms with Gasteiger partial charge in [-0.2, -0.15) is 0 Å². The van der Waals surface area contributed by atoms with Crippen LogP contribution in [0, 0.1) is 0 Å². The van der Waals surface area contributed by atoms with Gasteiger partial charge in [-0.3, -0.25) is 0 Å². The number of nitrogens with two attached hydrogens (primary N) is 1. The molecule has 98 valence electrons. The van der Waals surface area contributed by atoms with Crippen LogP contribution < -0.4 is 10.5 Å². The molecule has 0 atom stereocenters. The molecule has 0 radical (unpaired) electrons. The highest BCUT2D eigenvalue weighted by Crippen LogP contribution is 2.34. The van der Waals surface area contributed by atoms with Crippen molar-refractivity contribution in [3.05, 3.63) is 36.8 Å². The van der Waals surface area contributed by atoms with Crippen molar-refractivity contribution in [2.24, 2.45) is 5.73 Å². The Hall–Kier alpha value is -2.30. The fourth-order valence-electron chi connectivity index (χ4n) is 2.24. The molecule has 5 heteroatoms. The predicted molar refractivity (Wildman–Crippen MR) is 70.8 cm³/mol. The van der Waals surface area contributed by atoms with E-state index >= 15 is 0 Å². The molecule has 5 nitrogen and oxygen atoms in total. The maximum Gasteiger partial charge on any atom is 0.409 e. The van der Waals surface area contributed by atoms with Crippen molar-refractivity contribution in [1.29, 1.82) is 0 Å². The average molecular weight is 257 g/mol. The number of carbonyl (C=O) groups is 1. The van der Waals surface area contributed by atoms with Crippen molar-refractivity contribution in [3.63, 3.8) is 0 Å². The van der Waals surface area contributed by atoms with Gasteiger partial charge in [-0.05, 0) is 31.4 Å². The van der Waals surface area contributed by atoms with Gasteiger partial charge in [0.1, 0.15) is 5.75 Å². The third kappa shape index (κ3) is 2.31. The van der Waals surface area contributed by atoms with Crippen LogP contribution in [0.1, 0.15) is 25.3 Å². The van der Waals surface area contributed by atoms with E-state index in [-0.39, 0.29) is 0 Å². The zero-order chi connectivity index (χ0) is 13.2. The number of hydrogen-bond acceptors (Lipinski definition) is 3. The van der Waals surface area contributed by atoms with E-state index in [9.17, 15) is 4.79 Å². The number of nitrogens with zero attached hydrogens (tertiary/aromatic N) is 2. The summed E-state index contributed by atoms with van der Waals surface area (Å²) in [5, 5.41) is 0. The molecule has 0 spiro atoms. The second kappa shape index (κ2) is 4.76. The fraction of sp³-hybridized carbons (Fsp3) is 0.286. The summed E-state index contributed by atoms with van der Waals surface area (Å²) in [5.41, 5.74) is 6.64. The lowest BCUT2D eigenvalue weighted by atomic mass is 9.93. The quantitative estimate of drug-likeness (QED) is 0.919. The molecule has 1 amide bonds. The summed E-state index contributed by atoms with van der Waals surface area (Å²) in [7, 11) is 0. The van der Waals surface area contributed by atoms with E-state index in [0.717, 1.165) is 11.3 Å². The first kappa shape index (κ1) is 11.8. The van der Waals surface area contributed by atoms with Crippen LogP contribution in [0.5, 0.6) is 5.75 Å². The largest absolute Gasteiger partial charge is 0.410 e. The number of benzene rings is 1. The van der Waals surface area contributed by atoms with E-state index in [1.807, 2.05) is 24.7 Å². The Kier molecular flexibility index (Phi) is 2.95. The molecule has 1 aliphatic rings. The fourth-order valence-corrected chi connectivity index (χ4v) is 2.24. The van der Waals surface area contributed by atoms with Gasteiger partial charge < -0.3 is 15.0 Å². The Morgan fingerprint density at radius 1 is 1.37 bits per heavy atom. The van der Waals surface area contributed by atoms with Crippen molar-refractivity contribution in [2.75, 3.05) is 0 Å². The number of ether oxygens (including phenoxy) is 1. The van der Waals surface area contributed by atoms with Crippen molar-refractivity contribution in [1.82, 2.24) is 9.55 Å². The van der Waals surface area contributed by atoms with Crippen molar-refractivity contribution in [2.45, 2.75) is 25.3 Å². The Morgan fingerprint density at radius 2 is 2.16 bits per heavy atom. The molecule has 0 saturated heterocycles. The molecule has 1 aromatic heterocycles. The Balaban J connectivity index is 1.92. The molecule has 19 heavy (non-hydrogen) atoms. The number of primary amides is 1. The highest BCUT2D eigenvalue weighted by atomic mass is 16.5. The lowest BCUT2D eigenvalue weighted by molar-refractivity contribution is 0.211. The van der Waals surface area contributed by atoms with Gasteiger partial charge in [-0.25, -0.2) is 9.78 Å². The van der Waals surface area contributed by atoms with Gasteiger partial charge in [0.25, 0.3) is 0 Å². The Labute approximate surface area is 111 Å².